The molecule has 1 aliphatic rings. The minimum absolute atomic E-state index is 0.238. The molecular weight excluding hydrogens is 254 g/mol. The standard InChI is InChI=1S/C11H15N3O3S/c1-2-7-5-13-9(18-7)3-4-12-10(15)8-6-14-11(16)17-8/h5,8H,2-4,6H2,1H3,(H,12,15)(H,14,16)/t8-/m0/s1. The molecule has 0 aromatic carbocycles. The highest BCUT2D eigenvalue weighted by Gasteiger charge is 2.28. The van der Waals surface area contributed by atoms with Crippen LogP contribution in [-0.2, 0) is 22.4 Å². The summed E-state index contributed by atoms with van der Waals surface area (Å²) in [4.78, 5) is 27.9. The van der Waals surface area contributed by atoms with Gasteiger partial charge in [-0.1, -0.05) is 6.92 Å². The largest absolute Gasteiger partial charge is 0.434 e. The highest BCUT2D eigenvalue weighted by molar-refractivity contribution is 7.11. The van der Waals surface area contributed by atoms with Crippen molar-refractivity contribution >= 4 is 23.3 Å². The van der Waals surface area contributed by atoms with Gasteiger partial charge < -0.3 is 15.4 Å². The third-order valence-corrected chi connectivity index (χ3v) is 3.76. The fourth-order valence-electron chi connectivity index (χ4n) is 1.57. The second kappa shape index (κ2) is 5.81. The van der Waals surface area contributed by atoms with Gasteiger partial charge >= 0.3 is 6.09 Å². The number of carbonyl (C=O) groups excluding carboxylic acids is 2. The average molecular weight is 269 g/mol. The first kappa shape index (κ1) is 12.8. The van der Waals surface area contributed by atoms with Gasteiger partial charge in [-0.05, 0) is 6.42 Å². The van der Waals surface area contributed by atoms with E-state index >= 15 is 0 Å². The second-order valence-corrected chi connectivity index (χ2v) is 5.09. The van der Waals surface area contributed by atoms with Crippen LogP contribution in [0.4, 0.5) is 4.79 Å². The van der Waals surface area contributed by atoms with Crippen molar-refractivity contribution in [1.82, 2.24) is 15.6 Å². The molecule has 2 amide bonds. The summed E-state index contributed by atoms with van der Waals surface area (Å²) in [5, 5.41) is 6.18. The number of cyclic esters (lactones) is 1. The van der Waals surface area contributed by atoms with Crippen molar-refractivity contribution in [2.45, 2.75) is 25.9 Å². The molecule has 0 spiro atoms. The molecule has 1 saturated heterocycles. The fourth-order valence-corrected chi connectivity index (χ4v) is 2.43. The molecule has 1 fully saturated rings. The Morgan fingerprint density at radius 1 is 1.72 bits per heavy atom. The molecule has 0 aliphatic carbocycles. The van der Waals surface area contributed by atoms with Gasteiger partial charge in [-0.15, -0.1) is 11.3 Å². The van der Waals surface area contributed by atoms with Crippen LogP contribution in [0.1, 0.15) is 16.8 Å². The van der Waals surface area contributed by atoms with Crippen LogP contribution in [0.2, 0.25) is 0 Å². The van der Waals surface area contributed by atoms with E-state index in [2.05, 4.69) is 22.5 Å². The minimum atomic E-state index is -0.708. The number of hydrogen-bond acceptors (Lipinski definition) is 5. The van der Waals surface area contributed by atoms with E-state index in [0.29, 0.717) is 13.0 Å². The number of nitrogens with one attached hydrogen (secondary N) is 2. The molecule has 6 nitrogen and oxygen atoms in total. The summed E-state index contributed by atoms with van der Waals surface area (Å²) in [5.74, 6) is -0.263. The van der Waals surface area contributed by atoms with Gasteiger partial charge in [0.25, 0.3) is 5.91 Å². The molecule has 1 aliphatic heterocycles. The molecule has 2 N–H and O–H groups in total. The van der Waals surface area contributed by atoms with Gasteiger partial charge in [-0.2, -0.15) is 0 Å². The van der Waals surface area contributed by atoms with Gasteiger partial charge in [-0.25, -0.2) is 9.78 Å². The molecular formula is C11H15N3O3S. The van der Waals surface area contributed by atoms with Gasteiger partial charge in [0.1, 0.15) is 0 Å². The molecule has 0 bridgehead atoms. The molecule has 18 heavy (non-hydrogen) atoms. The van der Waals surface area contributed by atoms with Crippen LogP contribution in [0.15, 0.2) is 6.20 Å². The van der Waals surface area contributed by atoms with E-state index in [1.165, 1.54) is 4.88 Å². The van der Waals surface area contributed by atoms with Gasteiger partial charge in [0.2, 0.25) is 0 Å². The van der Waals surface area contributed by atoms with Crippen LogP contribution in [0.3, 0.4) is 0 Å². The third-order valence-electron chi connectivity index (χ3n) is 2.56. The zero-order valence-electron chi connectivity index (χ0n) is 10.1. The van der Waals surface area contributed by atoms with Gasteiger partial charge in [0.05, 0.1) is 11.6 Å². The second-order valence-electron chi connectivity index (χ2n) is 3.89. The normalized spacial score (nSPS) is 18.3. The van der Waals surface area contributed by atoms with Crippen LogP contribution >= 0.6 is 11.3 Å². The van der Waals surface area contributed by atoms with E-state index in [1.807, 2.05) is 6.20 Å². The maximum Gasteiger partial charge on any atom is 0.408 e. The summed E-state index contributed by atoms with van der Waals surface area (Å²) in [5.41, 5.74) is 0. The maximum atomic E-state index is 11.6. The number of carbonyl (C=O) groups is 2. The van der Waals surface area contributed by atoms with Gasteiger partial charge in [0, 0.05) is 24.0 Å². The van der Waals surface area contributed by atoms with Gasteiger partial charge in [0.15, 0.2) is 6.10 Å². The first-order chi connectivity index (χ1) is 8.69. The van der Waals surface area contributed by atoms with E-state index in [0.717, 1.165) is 11.4 Å². The van der Waals surface area contributed by atoms with Crippen molar-refractivity contribution in [2.75, 3.05) is 13.1 Å². The Kier molecular flexibility index (Phi) is 4.14. The molecule has 1 aromatic heterocycles. The molecule has 1 atom stereocenters. The van der Waals surface area contributed by atoms with E-state index in [-0.39, 0.29) is 12.5 Å². The zero-order valence-corrected chi connectivity index (χ0v) is 10.9. The fraction of sp³-hybridized carbons (Fsp3) is 0.545. The smallest absolute Gasteiger partial charge is 0.408 e. The number of aryl methyl sites for hydroxylation is 1. The SMILES string of the molecule is CCc1cnc(CCNC(=O)[C@@H]2CNC(=O)O2)s1. The molecule has 2 rings (SSSR count). The predicted octanol–water partition coefficient (Wildman–Crippen LogP) is 0.473. The lowest BCUT2D eigenvalue weighted by atomic mass is 10.3. The monoisotopic (exact) mass is 269 g/mol. The number of aromatic nitrogens is 1. The van der Waals surface area contributed by atoms with Crippen molar-refractivity contribution in [2.24, 2.45) is 0 Å². The Bertz CT molecular complexity index is 446. The molecule has 2 heterocycles. The highest BCUT2D eigenvalue weighted by atomic mass is 32.1. The first-order valence-corrected chi connectivity index (χ1v) is 6.66. The van der Waals surface area contributed by atoms with Crippen LogP contribution in [0.25, 0.3) is 0 Å². The lowest BCUT2D eigenvalue weighted by Crippen LogP contribution is -2.37. The number of alkyl carbamates (subject to hydrolysis) is 1. The van der Waals surface area contributed by atoms with E-state index in [9.17, 15) is 9.59 Å². The molecule has 0 saturated carbocycles. The molecule has 7 heteroatoms. The third kappa shape index (κ3) is 3.19. The summed E-state index contributed by atoms with van der Waals surface area (Å²) < 4.78 is 4.77. The molecule has 0 radical (unpaired) electrons. The van der Waals surface area contributed by atoms with Gasteiger partial charge in [-0.3, -0.25) is 4.79 Å². The number of amides is 2. The Labute approximate surface area is 109 Å². The molecule has 0 unspecified atom stereocenters. The van der Waals surface area contributed by atoms with E-state index in [4.69, 9.17) is 4.74 Å². The van der Waals surface area contributed by atoms with Crippen LogP contribution < -0.4 is 10.6 Å². The summed E-state index contributed by atoms with van der Waals surface area (Å²) in [6, 6.07) is 0. The maximum absolute atomic E-state index is 11.6. The van der Waals surface area contributed by atoms with E-state index < -0.39 is 12.2 Å². The minimum Gasteiger partial charge on any atom is -0.434 e. The zero-order chi connectivity index (χ0) is 13.0. The summed E-state index contributed by atoms with van der Waals surface area (Å²) in [7, 11) is 0. The number of nitrogens with zero attached hydrogens (tertiary/aromatic N) is 1. The Balaban J connectivity index is 1.71. The molecule has 1 aromatic rings. The van der Waals surface area contributed by atoms with Crippen molar-refractivity contribution < 1.29 is 14.3 Å². The van der Waals surface area contributed by atoms with Crippen LogP contribution in [0, 0.1) is 0 Å². The lowest BCUT2D eigenvalue weighted by Gasteiger charge is -2.07. The Morgan fingerprint density at radius 2 is 2.56 bits per heavy atom. The average Bonchev–Trinajstić information content (AvgIpc) is 2.98. The summed E-state index contributed by atoms with van der Waals surface area (Å²) in [6.45, 7) is 2.83. The summed E-state index contributed by atoms with van der Waals surface area (Å²) >= 11 is 1.66. The highest BCUT2D eigenvalue weighted by Crippen LogP contribution is 2.13. The lowest BCUT2D eigenvalue weighted by molar-refractivity contribution is -0.127. The topological polar surface area (TPSA) is 80.3 Å². The summed E-state index contributed by atoms with van der Waals surface area (Å²) in [6.07, 6.45) is 2.30. The number of rotatable bonds is 5. The first-order valence-electron chi connectivity index (χ1n) is 5.85. The molecule has 98 valence electrons. The van der Waals surface area contributed by atoms with Crippen molar-refractivity contribution in [3.63, 3.8) is 0 Å². The van der Waals surface area contributed by atoms with Crippen molar-refractivity contribution in [3.8, 4) is 0 Å². The predicted molar refractivity (Wildman–Crippen MR) is 66.5 cm³/mol. The van der Waals surface area contributed by atoms with Crippen LogP contribution in [0.5, 0.6) is 0 Å². The Hall–Kier alpha value is -1.63. The van der Waals surface area contributed by atoms with Crippen molar-refractivity contribution in [1.29, 1.82) is 0 Å². The number of hydrogen-bond donors (Lipinski definition) is 2. The quantitative estimate of drug-likeness (QED) is 0.814. The number of ether oxygens (including phenoxy) is 1. The van der Waals surface area contributed by atoms with Crippen LogP contribution in [-0.4, -0.2) is 36.2 Å². The Morgan fingerprint density at radius 3 is 3.17 bits per heavy atom. The number of thiazole rings is 1. The van der Waals surface area contributed by atoms with Crippen molar-refractivity contribution in [3.05, 3.63) is 16.1 Å². The van der Waals surface area contributed by atoms with E-state index in [1.54, 1.807) is 11.3 Å².